The molecule has 39 heavy (non-hydrogen) atoms. The standard InChI is InChI=1S/C29H34ClN3O5S/c1-5-27(29(35)31-4)32(19-22-9-7-8-10-26(22)30)28(34)20-33(23-13-15-24(16-14-23)38-6-2)39(36,37)25-17-11-21(3)12-18-25/h7-18,27H,5-6,19-20H2,1-4H3,(H,31,35). The first kappa shape index (κ1) is 30.0. The van der Waals surface area contributed by atoms with Gasteiger partial charge in [-0.1, -0.05) is 54.4 Å². The van der Waals surface area contributed by atoms with Crippen molar-refractivity contribution in [2.75, 3.05) is 24.5 Å². The Morgan fingerprint density at radius 2 is 1.62 bits per heavy atom. The van der Waals surface area contributed by atoms with E-state index in [1.165, 1.54) is 24.1 Å². The summed E-state index contributed by atoms with van der Waals surface area (Å²) in [6, 6.07) is 19.1. The number of sulfonamides is 1. The lowest BCUT2D eigenvalue weighted by Gasteiger charge is -2.33. The van der Waals surface area contributed by atoms with E-state index in [1.807, 2.05) is 13.8 Å². The number of carbonyl (C=O) groups is 2. The minimum absolute atomic E-state index is 0.0339. The Labute approximate surface area is 235 Å². The van der Waals surface area contributed by atoms with Gasteiger partial charge in [-0.2, -0.15) is 0 Å². The van der Waals surface area contributed by atoms with Gasteiger partial charge in [-0.25, -0.2) is 8.42 Å². The number of hydrogen-bond acceptors (Lipinski definition) is 5. The average molecular weight is 572 g/mol. The van der Waals surface area contributed by atoms with Gasteiger partial charge < -0.3 is 15.0 Å². The highest BCUT2D eigenvalue weighted by Gasteiger charge is 2.33. The third kappa shape index (κ3) is 7.30. The SMILES string of the molecule is CCOc1ccc(N(CC(=O)N(Cc2ccccc2Cl)C(CC)C(=O)NC)S(=O)(=O)c2ccc(C)cc2)cc1. The van der Waals surface area contributed by atoms with Crippen LogP contribution < -0.4 is 14.4 Å². The predicted octanol–water partition coefficient (Wildman–Crippen LogP) is 4.80. The second-order valence-corrected chi connectivity index (χ2v) is 11.2. The third-order valence-corrected chi connectivity index (χ3v) is 8.41. The summed E-state index contributed by atoms with van der Waals surface area (Å²) in [7, 11) is -2.65. The van der Waals surface area contributed by atoms with E-state index in [2.05, 4.69) is 5.32 Å². The summed E-state index contributed by atoms with van der Waals surface area (Å²) >= 11 is 6.39. The zero-order valence-electron chi connectivity index (χ0n) is 22.6. The highest BCUT2D eigenvalue weighted by molar-refractivity contribution is 7.92. The van der Waals surface area contributed by atoms with Crippen LogP contribution in [0.2, 0.25) is 5.02 Å². The van der Waals surface area contributed by atoms with Crippen molar-refractivity contribution in [3.05, 3.63) is 88.9 Å². The molecule has 3 rings (SSSR count). The summed E-state index contributed by atoms with van der Waals surface area (Å²) in [5.74, 6) is -0.326. The highest BCUT2D eigenvalue weighted by Crippen LogP contribution is 2.27. The maximum Gasteiger partial charge on any atom is 0.264 e. The van der Waals surface area contributed by atoms with E-state index >= 15 is 0 Å². The van der Waals surface area contributed by atoms with Gasteiger partial charge in [0, 0.05) is 18.6 Å². The van der Waals surface area contributed by atoms with Crippen LogP contribution in [0.3, 0.4) is 0 Å². The predicted molar refractivity (Wildman–Crippen MR) is 153 cm³/mol. The van der Waals surface area contributed by atoms with Gasteiger partial charge in [0.2, 0.25) is 11.8 Å². The number of carbonyl (C=O) groups excluding carboxylic acids is 2. The smallest absolute Gasteiger partial charge is 0.264 e. The molecule has 2 amide bonds. The number of aryl methyl sites for hydroxylation is 1. The van der Waals surface area contributed by atoms with Gasteiger partial charge in [0.1, 0.15) is 18.3 Å². The van der Waals surface area contributed by atoms with Crippen molar-refractivity contribution >= 4 is 39.1 Å². The Kier molecular flexibility index (Phi) is 10.4. The molecule has 10 heteroatoms. The molecular weight excluding hydrogens is 538 g/mol. The van der Waals surface area contributed by atoms with Crippen LogP contribution in [-0.2, 0) is 26.2 Å². The minimum atomic E-state index is -4.15. The van der Waals surface area contributed by atoms with Crippen LogP contribution >= 0.6 is 11.6 Å². The first-order valence-corrected chi connectivity index (χ1v) is 14.5. The molecule has 1 N–H and O–H groups in total. The minimum Gasteiger partial charge on any atom is -0.494 e. The van der Waals surface area contributed by atoms with E-state index in [1.54, 1.807) is 67.6 Å². The number of nitrogens with zero attached hydrogens (tertiary/aromatic N) is 2. The van der Waals surface area contributed by atoms with E-state index in [0.717, 1.165) is 9.87 Å². The van der Waals surface area contributed by atoms with Gasteiger partial charge in [0.05, 0.1) is 17.2 Å². The van der Waals surface area contributed by atoms with Gasteiger partial charge in [-0.15, -0.1) is 0 Å². The van der Waals surface area contributed by atoms with E-state index in [-0.39, 0.29) is 23.0 Å². The van der Waals surface area contributed by atoms with Crippen LogP contribution in [-0.4, -0.2) is 51.4 Å². The van der Waals surface area contributed by atoms with Crippen molar-refractivity contribution in [3.8, 4) is 5.75 Å². The summed E-state index contributed by atoms with van der Waals surface area (Å²) in [5.41, 5.74) is 1.84. The van der Waals surface area contributed by atoms with Crippen molar-refractivity contribution in [2.45, 2.75) is 44.7 Å². The molecule has 0 saturated heterocycles. The number of ether oxygens (including phenoxy) is 1. The monoisotopic (exact) mass is 571 g/mol. The summed E-state index contributed by atoms with van der Waals surface area (Å²) in [5, 5.41) is 3.05. The largest absolute Gasteiger partial charge is 0.494 e. The Morgan fingerprint density at radius 3 is 2.18 bits per heavy atom. The second kappa shape index (κ2) is 13.5. The molecule has 1 unspecified atom stereocenters. The quantitative estimate of drug-likeness (QED) is 0.337. The fourth-order valence-corrected chi connectivity index (χ4v) is 5.75. The molecule has 3 aromatic carbocycles. The van der Waals surface area contributed by atoms with Crippen LogP contribution in [0.15, 0.2) is 77.7 Å². The molecule has 1 atom stereocenters. The van der Waals surface area contributed by atoms with Crippen molar-refractivity contribution in [1.82, 2.24) is 10.2 Å². The highest BCUT2D eigenvalue weighted by atomic mass is 35.5. The number of amides is 2. The van der Waals surface area contributed by atoms with Gasteiger partial charge in [-0.3, -0.25) is 13.9 Å². The number of hydrogen-bond donors (Lipinski definition) is 1. The molecule has 8 nitrogen and oxygen atoms in total. The lowest BCUT2D eigenvalue weighted by Crippen LogP contribution is -2.51. The lowest BCUT2D eigenvalue weighted by molar-refractivity contribution is -0.140. The first-order valence-electron chi connectivity index (χ1n) is 12.7. The molecule has 0 bridgehead atoms. The Hall–Kier alpha value is -3.56. The molecule has 0 aliphatic rings. The number of benzene rings is 3. The molecule has 208 valence electrons. The molecule has 0 radical (unpaired) electrons. The zero-order chi connectivity index (χ0) is 28.6. The number of anilines is 1. The van der Waals surface area contributed by atoms with Gasteiger partial charge in [0.15, 0.2) is 0 Å². The van der Waals surface area contributed by atoms with Crippen molar-refractivity contribution in [2.24, 2.45) is 0 Å². The van der Waals surface area contributed by atoms with Crippen LogP contribution in [0.25, 0.3) is 0 Å². The number of rotatable bonds is 12. The molecule has 0 fully saturated rings. The normalized spacial score (nSPS) is 11.9. The lowest BCUT2D eigenvalue weighted by atomic mass is 10.1. The maximum absolute atomic E-state index is 13.9. The van der Waals surface area contributed by atoms with Crippen LogP contribution in [0.5, 0.6) is 5.75 Å². The van der Waals surface area contributed by atoms with Crippen molar-refractivity contribution < 1.29 is 22.7 Å². The van der Waals surface area contributed by atoms with Crippen LogP contribution in [0.4, 0.5) is 5.69 Å². The topological polar surface area (TPSA) is 96.0 Å². The zero-order valence-corrected chi connectivity index (χ0v) is 24.1. The van der Waals surface area contributed by atoms with E-state index in [9.17, 15) is 18.0 Å². The third-order valence-electron chi connectivity index (χ3n) is 6.25. The van der Waals surface area contributed by atoms with Crippen molar-refractivity contribution in [1.29, 1.82) is 0 Å². The fraction of sp³-hybridized carbons (Fsp3) is 0.310. The maximum atomic E-state index is 13.9. The summed E-state index contributed by atoms with van der Waals surface area (Å²) < 4.78 is 34.3. The number of nitrogens with one attached hydrogen (secondary N) is 1. The van der Waals surface area contributed by atoms with Crippen LogP contribution in [0, 0.1) is 6.92 Å². The van der Waals surface area contributed by atoms with E-state index in [4.69, 9.17) is 16.3 Å². The summed E-state index contributed by atoms with van der Waals surface area (Å²) in [6.07, 6.45) is 0.323. The molecular formula is C29H34ClN3O5S. The Balaban J connectivity index is 2.07. The molecule has 3 aromatic rings. The average Bonchev–Trinajstić information content (AvgIpc) is 2.93. The van der Waals surface area contributed by atoms with E-state index < -0.39 is 28.5 Å². The molecule has 0 aromatic heterocycles. The summed E-state index contributed by atoms with van der Waals surface area (Å²) in [4.78, 5) is 28.2. The molecule has 0 aliphatic heterocycles. The molecule has 0 aliphatic carbocycles. The first-order chi connectivity index (χ1) is 18.6. The summed E-state index contributed by atoms with van der Waals surface area (Å²) in [6.45, 7) is 5.47. The van der Waals surface area contributed by atoms with Gasteiger partial charge in [-0.05, 0) is 68.3 Å². The molecule has 0 spiro atoms. The second-order valence-electron chi connectivity index (χ2n) is 8.90. The van der Waals surface area contributed by atoms with Gasteiger partial charge >= 0.3 is 0 Å². The van der Waals surface area contributed by atoms with Crippen molar-refractivity contribution in [3.63, 3.8) is 0 Å². The molecule has 0 saturated carbocycles. The number of halogens is 1. The Morgan fingerprint density at radius 1 is 0.974 bits per heavy atom. The van der Waals surface area contributed by atoms with E-state index in [0.29, 0.717) is 29.4 Å². The van der Waals surface area contributed by atoms with Gasteiger partial charge in [0.25, 0.3) is 10.0 Å². The molecule has 0 heterocycles. The van der Waals surface area contributed by atoms with Crippen LogP contribution in [0.1, 0.15) is 31.4 Å². The fourth-order valence-electron chi connectivity index (χ4n) is 4.14. The Bertz CT molecular complexity index is 1380. The number of likely N-dealkylation sites (N-methyl/N-ethyl adjacent to an activating group) is 1.